The van der Waals surface area contributed by atoms with E-state index in [1.54, 1.807) is 0 Å². The quantitative estimate of drug-likeness (QED) is 0.349. The van der Waals surface area contributed by atoms with Crippen LogP contribution in [0.4, 0.5) is 22.0 Å². The smallest absolute Gasteiger partial charge is 0.257 e. The van der Waals surface area contributed by atoms with E-state index in [9.17, 15) is 26.7 Å². The van der Waals surface area contributed by atoms with Crippen molar-refractivity contribution in [3.63, 3.8) is 0 Å². The van der Waals surface area contributed by atoms with Gasteiger partial charge in [0.25, 0.3) is 5.91 Å². The average Bonchev–Trinajstić information content (AvgIpc) is 2.47. The van der Waals surface area contributed by atoms with Crippen LogP contribution in [0.5, 0.6) is 0 Å². The molecule has 1 aromatic rings. The number of aliphatic hydroxyl groups is 1. The molecule has 0 aliphatic carbocycles. The molecule has 0 aliphatic heterocycles. The molecule has 0 heterocycles. The highest BCUT2D eigenvalue weighted by molar-refractivity contribution is 7.99. The van der Waals surface area contributed by atoms with E-state index in [4.69, 9.17) is 5.11 Å². The van der Waals surface area contributed by atoms with Gasteiger partial charge in [-0.1, -0.05) is 0 Å². The van der Waals surface area contributed by atoms with Gasteiger partial charge in [0.1, 0.15) is 5.56 Å². The normalized spacial score (nSPS) is 10.8. The summed E-state index contributed by atoms with van der Waals surface area (Å²) >= 11 is 1.36. The lowest BCUT2D eigenvalue weighted by Gasteiger charge is -2.09. The zero-order valence-electron chi connectivity index (χ0n) is 10.7. The second-order valence-electron chi connectivity index (χ2n) is 3.89. The number of nitrogens with one attached hydrogen (secondary N) is 1. The maximum Gasteiger partial charge on any atom is 0.257 e. The number of hydrogen-bond acceptors (Lipinski definition) is 3. The first-order chi connectivity index (χ1) is 9.91. The molecule has 3 nitrogen and oxygen atoms in total. The maximum atomic E-state index is 13.3. The van der Waals surface area contributed by atoms with Gasteiger partial charge in [-0.05, 0) is 12.2 Å². The van der Waals surface area contributed by atoms with Crippen LogP contribution in [0.2, 0.25) is 0 Å². The fourth-order valence-electron chi connectivity index (χ4n) is 1.40. The van der Waals surface area contributed by atoms with Gasteiger partial charge in [0.05, 0.1) is 0 Å². The number of amides is 1. The minimum absolute atomic E-state index is 0.00553. The molecule has 9 heteroatoms. The van der Waals surface area contributed by atoms with Gasteiger partial charge >= 0.3 is 0 Å². The predicted molar refractivity (Wildman–Crippen MR) is 67.6 cm³/mol. The van der Waals surface area contributed by atoms with Crippen molar-refractivity contribution in [2.75, 3.05) is 24.7 Å². The fraction of sp³-hybridized carbons (Fsp3) is 0.417. The molecule has 0 atom stereocenters. The van der Waals surface area contributed by atoms with Crippen LogP contribution in [-0.4, -0.2) is 35.7 Å². The predicted octanol–water partition coefficient (Wildman–Crippen LogP) is 2.23. The number of carbonyl (C=O) groups excluding carboxylic acids is 1. The van der Waals surface area contributed by atoms with Gasteiger partial charge in [0.15, 0.2) is 23.3 Å². The standard InChI is InChI=1S/C12H12F5NO2S/c13-7-6(8(14)10(16)11(17)9(7)15)12(20)18-2-5-21-4-1-3-19/h19H,1-5H2,(H,18,20). The Hall–Kier alpha value is -1.35. The fourth-order valence-corrected chi connectivity index (χ4v) is 2.18. The molecule has 0 unspecified atom stereocenters. The summed E-state index contributed by atoms with van der Waals surface area (Å²) in [5.74, 6) is -11.3. The molecule has 0 saturated heterocycles. The largest absolute Gasteiger partial charge is 0.396 e. The van der Waals surface area contributed by atoms with Crippen LogP contribution in [0, 0.1) is 29.1 Å². The van der Waals surface area contributed by atoms with E-state index in [1.807, 2.05) is 0 Å². The molecule has 0 saturated carbocycles. The minimum Gasteiger partial charge on any atom is -0.396 e. The van der Waals surface area contributed by atoms with Gasteiger partial charge in [0.2, 0.25) is 5.82 Å². The molecule has 0 radical (unpaired) electrons. The molecule has 2 N–H and O–H groups in total. The Morgan fingerprint density at radius 2 is 1.48 bits per heavy atom. The minimum atomic E-state index is -2.30. The first-order valence-corrected chi connectivity index (χ1v) is 7.05. The Kier molecular flexibility index (Phi) is 6.90. The topological polar surface area (TPSA) is 49.3 Å². The van der Waals surface area contributed by atoms with Crippen LogP contribution >= 0.6 is 11.8 Å². The van der Waals surface area contributed by atoms with Gasteiger partial charge in [-0.15, -0.1) is 0 Å². The number of aliphatic hydroxyl groups excluding tert-OH is 1. The number of hydrogen-bond donors (Lipinski definition) is 2. The summed E-state index contributed by atoms with van der Waals surface area (Å²) in [5.41, 5.74) is -1.49. The number of thioether (sulfide) groups is 1. The van der Waals surface area contributed by atoms with Gasteiger partial charge in [-0.2, -0.15) is 11.8 Å². The van der Waals surface area contributed by atoms with Crippen molar-refractivity contribution >= 4 is 17.7 Å². The van der Waals surface area contributed by atoms with Crippen LogP contribution in [0.15, 0.2) is 0 Å². The highest BCUT2D eigenvalue weighted by Crippen LogP contribution is 2.22. The zero-order chi connectivity index (χ0) is 16.0. The van der Waals surface area contributed by atoms with Crippen LogP contribution < -0.4 is 5.32 Å². The highest BCUT2D eigenvalue weighted by atomic mass is 32.2. The number of carbonyl (C=O) groups is 1. The summed E-state index contributed by atoms with van der Waals surface area (Å²) in [5, 5.41) is 10.6. The first-order valence-electron chi connectivity index (χ1n) is 5.90. The van der Waals surface area contributed by atoms with Crippen LogP contribution in [0.1, 0.15) is 16.8 Å². The monoisotopic (exact) mass is 329 g/mol. The third-order valence-corrected chi connectivity index (χ3v) is 3.49. The SMILES string of the molecule is O=C(NCCSCCCO)c1c(F)c(F)c(F)c(F)c1F. The summed E-state index contributed by atoms with van der Waals surface area (Å²) in [6.45, 7) is 0.0122. The Labute approximate surface area is 121 Å². The Morgan fingerprint density at radius 1 is 0.952 bits per heavy atom. The van der Waals surface area contributed by atoms with Crippen molar-refractivity contribution in [1.82, 2.24) is 5.32 Å². The second kappa shape index (κ2) is 8.18. The van der Waals surface area contributed by atoms with E-state index in [1.165, 1.54) is 11.8 Å². The molecule has 0 aromatic heterocycles. The van der Waals surface area contributed by atoms with E-state index in [2.05, 4.69) is 5.32 Å². The number of benzene rings is 1. The third kappa shape index (κ3) is 4.31. The molecule has 1 amide bonds. The van der Waals surface area contributed by atoms with Crippen molar-refractivity contribution in [1.29, 1.82) is 0 Å². The molecule has 0 fully saturated rings. The summed E-state index contributed by atoms with van der Waals surface area (Å²) in [7, 11) is 0. The van der Waals surface area contributed by atoms with E-state index in [-0.39, 0.29) is 13.2 Å². The molecular formula is C12H12F5NO2S. The van der Waals surface area contributed by atoms with Gasteiger partial charge in [-0.3, -0.25) is 4.79 Å². The molecule has 0 aliphatic rings. The van der Waals surface area contributed by atoms with E-state index in [0.29, 0.717) is 17.9 Å². The third-order valence-electron chi connectivity index (χ3n) is 2.42. The Bertz CT molecular complexity index is 498. The summed E-state index contributed by atoms with van der Waals surface area (Å²) < 4.78 is 65.3. The lowest BCUT2D eigenvalue weighted by atomic mass is 10.1. The Morgan fingerprint density at radius 3 is 2.00 bits per heavy atom. The number of rotatable bonds is 7. The molecule has 0 spiro atoms. The lowest BCUT2D eigenvalue weighted by Crippen LogP contribution is -2.29. The highest BCUT2D eigenvalue weighted by Gasteiger charge is 2.29. The molecular weight excluding hydrogens is 317 g/mol. The van der Waals surface area contributed by atoms with E-state index >= 15 is 0 Å². The van der Waals surface area contributed by atoms with Gasteiger partial charge in [-0.25, -0.2) is 22.0 Å². The van der Waals surface area contributed by atoms with Crippen molar-refractivity contribution in [2.45, 2.75) is 6.42 Å². The number of halogens is 5. The zero-order valence-corrected chi connectivity index (χ0v) is 11.5. The summed E-state index contributed by atoms with van der Waals surface area (Å²) in [6.07, 6.45) is 0.552. The van der Waals surface area contributed by atoms with E-state index < -0.39 is 40.6 Å². The van der Waals surface area contributed by atoms with Gasteiger partial charge in [0, 0.05) is 18.9 Å². The Balaban J connectivity index is 2.71. The molecule has 21 heavy (non-hydrogen) atoms. The summed E-state index contributed by atoms with van der Waals surface area (Å²) in [4.78, 5) is 11.5. The maximum absolute atomic E-state index is 13.3. The van der Waals surface area contributed by atoms with E-state index in [0.717, 1.165) is 0 Å². The van der Waals surface area contributed by atoms with Crippen molar-refractivity contribution in [2.24, 2.45) is 0 Å². The molecule has 1 aromatic carbocycles. The van der Waals surface area contributed by atoms with Crippen molar-refractivity contribution in [3.05, 3.63) is 34.6 Å². The van der Waals surface area contributed by atoms with Crippen LogP contribution in [0.25, 0.3) is 0 Å². The summed E-state index contributed by atoms with van der Waals surface area (Å²) in [6, 6.07) is 0. The van der Waals surface area contributed by atoms with Crippen molar-refractivity contribution < 1.29 is 31.9 Å². The van der Waals surface area contributed by atoms with Crippen molar-refractivity contribution in [3.8, 4) is 0 Å². The van der Waals surface area contributed by atoms with Gasteiger partial charge < -0.3 is 10.4 Å². The second-order valence-corrected chi connectivity index (χ2v) is 5.12. The van der Waals surface area contributed by atoms with Crippen LogP contribution in [-0.2, 0) is 0 Å². The molecule has 1 rings (SSSR count). The first kappa shape index (κ1) is 17.7. The lowest BCUT2D eigenvalue weighted by molar-refractivity contribution is 0.0944. The molecule has 0 bridgehead atoms. The average molecular weight is 329 g/mol. The molecule has 118 valence electrons. The van der Waals surface area contributed by atoms with Crippen LogP contribution in [0.3, 0.4) is 0 Å².